The van der Waals surface area contributed by atoms with Crippen LogP contribution in [0.4, 0.5) is 21.7 Å². The summed E-state index contributed by atoms with van der Waals surface area (Å²) in [5.41, 5.74) is 12.3. The molecular formula is C16H12ClFN8O. The fraction of sp³-hybridized carbons (Fsp3) is 0.125. The largest absolute Gasteiger partial charge is 0.496 e. The minimum atomic E-state index is -1.00. The highest BCUT2D eigenvalue weighted by molar-refractivity contribution is 6.32. The van der Waals surface area contributed by atoms with Crippen LogP contribution in [0.2, 0.25) is 5.02 Å². The highest BCUT2D eigenvalue weighted by Gasteiger charge is 2.33. The third-order valence-electron chi connectivity index (χ3n) is 3.94. The Morgan fingerprint density at radius 1 is 1.33 bits per heavy atom. The maximum Gasteiger partial charge on any atom is 0.211 e. The van der Waals surface area contributed by atoms with Crippen LogP contribution in [-0.4, -0.2) is 18.1 Å². The van der Waals surface area contributed by atoms with Crippen molar-refractivity contribution in [1.29, 1.82) is 10.5 Å². The first-order valence-electron chi connectivity index (χ1n) is 7.43. The predicted octanol–water partition coefficient (Wildman–Crippen LogP) is 1.86. The number of aliphatic imine (C=N–C) groups is 1. The number of nitriles is 2. The summed E-state index contributed by atoms with van der Waals surface area (Å²) in [7, 11) is 1.39. The standard InChI is InChI=1S/C16H12ClFN8O/c1-27-8-3-2-7(18)11(17)9(8)13-10-12(21)6(4-19)14(22)25-15(10)26-16(24-13)23-5-20/h2-3,13H,1H3,(H6,21,22,23,24,25,26). The van der Waals surface area contributed by atoms with Gasteiger partial charge in [-0.2, -0.15) is 10.5 Å². The van der Waals surface area contributed by atoms with Crippen molar-refractivity contribution in [2.24, 2.45) is 4.99 Å². The second kappa shape index (κ2) is 6.86. The van der Waals surface area contributed by atoms with E-state index in [0.717, 1.165) is 6.07 Å². The van der Waals surface area contributed by atoms with Crippen molar-refractivity contribution in [3.63, 3.8) is 0 Å². The Bertz CT molecular complexity index is 1060. The number of pyridine rings is 1. The number of nitrogens with zero attached hydrogens (tertiary/aromatic N) is 4. The third-order valence-corrected chi connectivity index (χ3v) is 4.33. The van der Waals surface area contributed by atoms with Crippen LogP contribution in [0.5, 0.6) is 5.75 Å². The Balaban J connectivity index is 2.36. The van der Waals surface area contributed by atoms with Crippen molar-refractivity contribution in [3.05, 3.63) is 39.7 Å². The number of nitrogen functional groups attached to an aromatic ring is 2. The molecule has 1 aliphatic rings. The molecule has 0 fully saturated rings. The first-order chi connectivity index (χ1) is 12.9. The lowest BCUT2D eigenvalue weighted by Gasteiger charge is -2.27. The summed E-state index contributed by atoms with van der Waals surface area (Å²) in [6.45, 7) is 0. The molecule has 1 aliphatic heterocycles. The number of hydrogen-bond acceptors (Lipinski definition) is 9. The van der Waals surface area contributed by atoms with Crippen LogP contribution in [0.25, 0.3) is 0 Å². The number of guanidine groups is 1. The zero-order valence-electron chi connectivity index (χ0n) is 13.8. The fourth-order valence-corrected chi connectivity index (χ4v) is 3.03. The number of nitrogens with one attached hydrogen (secondary N) is 2. The molecule has 2 heterocycles. The van der Waals surface area contributed by atoms with E-state index in [-0.39, 0.29) is 50.7 Å². The molecule has 0 spiro atoms. The summed E-state index contributed by atoms with van der Waals surface area (Å²) < 4.78 is 19.4. The van der Waals surface area contributed by atoms with E-state index in [0.29, 0.717) is 0 Å². The maximum atomic E-state index is 14.1. The van der Waals surface area contributed by atoms with Crippen LogP contribution in [0.15, 0.2) is 17.1 Å². The molecule has 11 heteroatoms. The molecular weight excluding hydrogens is 375 g/mol. The summed E-state index contributed by atoms with van der Waals surface area (Å²) in [5, 5.41) is 23.1. The van der Waals surface area contributed by atoms with Gasteiger partial charge in [-0.05, 0) is 12.1 Å². The first kappa shape index (κ1) is 18.0. The van der Waals surface area contributed by atoms with E-state index >= 15 is 0 Å². The molecule has 27 heavy (non-hydrogen) atoms. The molecule has 0 radical (unpaired) electrons. The zero-order valence-corrected chi connectivity index (χ0v) is 14.6. The lowest BCUT2D eigenvalue weighted by molar-refractivity contribution is 0.406. The molecule has 0 amide bonds. The summed E-state index contributed by atoms with van der Waals surface area (Å²) in [5.74, 6) is -0.373. The summed E-state index contributed by atoms with van der Waals surface area (Å²) in [4.78, 5) is 8.45. The van der Waals surface area contributed by atoms with Crippen LogP contribution in [0, 0.1) is 28.6 Å². The van der Waals surface area contributed by atoms with Crippen LogP contribution in [0.1, 0.15) is 22.7 Å². The summed E-state index contributed by atoms with van der Waals surface area (Å²) >= 11 is 6.18. The van der Waals surface area contributed by atoms with E-state index in [1.807, 2.05) is 6.07 Å². The lowest BCUT2D eigenvalue weighted by atomic mass is 9.94. The molecule has 1 aromatic heterocycles. The molecule has 0 aliphatic carbocycles. The molecule has 3 rings (SSSR count). The molecule has 0 bridgehead atoms. The van der Waals surface area contributed by atoms with Gasteiger partial charge in [-0.3, -0.25) is 5.32 Å². The van der Waals surface area contributed by atoms with Gasteiger partial charge >= 0.3 is 0 Å². The predicted molar refractivity (Wildman–Crippen MR) is 97.4 cm³/mol. The number of halogens is 2. The van der Waals surface area contributed by atoms with Gasteiger partial charge in [-0.15, -0.1) is 0 Å². The topological polar surface area (TPSA) is 158 Å². The van der Waals surface area contributed by atoms with Crippen molar-refractivity contribution in [2.75, 3.05) is 23.9 Å². The third kappa shape index (κ3) is 2.88. The summed E-state index contributed by atoms with van der Waals surface area (Å²) in [6.07, 6.45) is 1.72. The van der Waals surface area contributed by atoms with Gasteiger partial charge in [0, 0.05) is 11.1 Å². The van der Waals surface area contributed by atoms with Crippen LogP contribution in [0.3, 0.4) is 0 Å². The van der Waals surface area contributed by atoms with Crippen molar-refractivity contribution >= 4 is 34.9 Å². The Morgan fingerprint density at radius 2 is 2.07 bits per heavy atom. The second-order valence-electron chi connectivity index (χ2n) is 5.38. The number of nitrogens with two attached hydrogens (primary N) is 2. The van der Waals surface area contributed by atoms with Gasteiger partial charge in [0.15, 0.2) is 6.19 Å². The molecule has 2 aromatic rings. The van der Waals surface area contributed by atoms with E-state index in [1.165, 1.54) is 13.2 Å². The number of rotatable bonds is 2. The normalized spacial score (nSPS) is 14.9. The van der Waals surface area contributed by atoms with E-state index in [4.69, 9.17) is 33.1 Å². The number of methoxy groups -OCH3 is 1. The van der Waals surface area contributed by atoms with Gasteiger partial charge in [-0.25, -0.2) is 14.4 Å². The van der Waals surface area contributed by atoms with Crippen LogP contribution in [-0.2, 0) is 0 Å². The van der Waals surface area contributed by atoms with Crippen molar-refractivity contribution in [1.82, 2.24) is 10.3 Å². The van der Waals surface area contributed by atoms with Gasteiger partial charge in [0.25, 0.3) is 0 Å². The van der Waals surface area contributed by atoms with Gasteiger partial charge in [0.2, 0.25) is 5.96 Å². The van der Waals surface area contributed by atoms with Crippen LogP contribution >= 0.6 is 11.6 Å². The van der Waals surface area contributed by atoms with E-state index in [9.17, 15) is 9.65 Å². The van der Waals surface area contributed by atoms with E-state index in [1.54, 1.807) is 6.19 Å². The number of anilines is 3. The molecule has 0 saturated heterocycles. The molecule has 6 N–H and O–H groups in total. The fourth-order valence-electron chi connectivity index (χ4n) is 2.77. The number of aromatic nitrogens is 1. The lowest BCUT2D eigenvalue weighted by Crippen LogP contribution is -2.33. The first-order valence-corrected chi connectivity index (χ1v) is 7.81. The summed E-state index contributed by atoms with van der Waals surface area (Å²) in [6, 6.07) is 3.41. The second-order valence-corrected chi connectivity index (χ2v) is 5.76. The van der Waals surface area contributed by atoms with Gasteiger partial charge in [-0.1, -0.05) is 11.6 Å². The van der Waals surface area contributed by atoms with Crippen molar-refractivity contribution in [3.8, 4) is 18.0 Å². The number of fused-ring (bicyclic) bond motifs is 1. The number of benzene rings is 1. The highest BCUT2D eigenvalue weighted by Crippen LogP contribution is 2.46. The molecule has 9 nitrogen and oxygen atoms in total. The molecule has 0 saturated carbocycles. The quantitative estimate of drug-likeness (QED) is 0.449. The zero-order chi connectivity index (χ0) is 19.7. The van der Waals surface area contributed by atoms with Crippen LogP contribution < -0.4 is 26.8 Å². The van der Waals surface area contributed by atoms with Crippen molar-refractivity contribution < 1.29 is 9.13 Å². The Labute approximate surface area is 158 Å². The van der Waals surface area contributed by atoms with Gasteiger partial charge in [0.05, 0.1) is 17.8 Å². The van der Waals surface area contributed by atoms with Gasteiger partial charge < -0.3 is 21.5 Å². The average Bonchev–Trinajstić information content (AvgIpc) is 2.63. The highest BCUT2D eigenvalue weighted by atomic mass is 35.5. The molecule has 1 unspecified atom stereocenters. The Morgan fingerprint density at radius 3 is 2.70 bits per heavy atom. The molecule has 136 valence electrons. The van der Waals surface area contributed by atoms with E-state index in [2.05, 4.69) is 20.6 Å². The van der Waals surface area contributed by atoms with Crippen molar-refractivity contribution in [2.45, 2.75) is 6.04 Å². The minimum absolute atomic E-state index is 0.0136. The van der Waals surface area contributed by atoms with Gasteiger partial charge in [0.1, 0.15) is 40.9 Å². The molecule has 1 atom stereocenters. The maximum absolute atomic E-state index is 14.1. The Hall–Kier alpha value is -3.76. The SMILES string of the molecule is COc1ccc(F)c(Cl)c1C1N=C(NC#N)Nc2nc(N)c(C#N)c(N)c21. The Kier molecular flexibility index (Phi) is 4.59. The number of hydrogen-bond donors (Lipinski definition) is 4. The minimum Gasteiger partial charge on any atom is -0.496 e. The smallest absolute Gasteiger partial charge is 0.211 e. The van der Waals surface area contributed by atoms with E-state index < -0.39 is 11.9 Å². The molecule has 1 aromatic carbocycles. The monoisotopic (exact) mass is 386 g/mol. The number of ether oxygens (including phenoxy) is 1. The average molecular weight is 387 g/mol.